The largest absolute Gasteiger partial charge is 0.467 e. The van der Waals surface area contributed by atoms with Crippen LogP contribution in [0.15, 0.2) is 24.5 Å². The number of nitrogens with one attached hydrogen (secondary N) is 1. The van der Waals surface area contributed by atoms with Crippen molar-refractivity contribution in [2.24, 2.45) is 0 Å². The molecule has 0 saturated carbocycles. The molecule has 0 atom stereocenters. The van der Waals surface area contributed by atoms with E-state index in [-0.39, 0.29) is 11.9 Å². The van der Waals surface area contributed by atoms with Crippen molar-refractivity contribution in [3.63, 3.8) is 0 Å². The average molecular weight is 259 g/mol. The maximum absolute atomic E-state index is 10.9. The summed E-state index contributed by atoms with van der Waals surface area (Å²) in [6, 6.07) is 3.53. The lowest BCUT2D eigenvalue weighted by molar-refractivity contribution is -0.114. The van der Waals surface area contributed by atoms with E-state index < -0.39 is 0 Å². The molecule has 2 aromatic heterocycles. The minimum Gasteiger partial charge on any atom is -0.467 e. The number of anilines is 2. The number of nitrogen functional groups attached to an aromatic ring is 1. The van der Waals surface area contributed by atoms with Gasteiger partial charge in [-0.15, -0.1) is 0 Å². The van der Waals surface area contributed by atoms with Crippen LogP contribution >= 0.6 is 0 Å². The molecule has 0 spiro atoms. The van der Waals surface area contributed by atoms with Gasteiger partial charge in [0.2, 0.25) is 5.91 Å². The second-order valence-corrected chi connectivity index (χ2v) is 3.77. The number of nitrogens with zero attached hydrogens (tertiary/aromatic N) is 3. The summed E-state index contributed by atoms with van der Waals surface area (Å²) in [5.74, 6) is 0.193. The van der Waals surface area contributed by atoms with Gasteiger partial charge in [0.1, 0.15) is 5.82 Å². The van der Waals surface area contributed by atoms with Crippen LogP contribution in [-0.2, 0) is 4.79 Å². The van der Waals surface area contributed by atoms with Crippen LogP contribution < -0.4 is 15.8 Å². The molecule has 0 aliphatic rings. The summed E-state index contributed by atoms with van der Waals surface area (Å²) >= 11 is 0. The van der Waals surface area contributed by atoms with Crippen molar-refractivity contribution in [3.8, 4) is 17.3 Å². The molecule has 0 aliphatic carbocycles. The predicted octanol–water partition coefficient (Wildman–Crippen LogP) is 1.09. The summed E-state index contributed by atoms with van der Waals surface area (Å²) in [6.45, 7) is 1.40. The maximum atomic E-state index is 10.9. The third kappa shape index (κ3) is 2.95. The van der Waals surface area contributed by atoms with E-state index in [0.717, 1.165) is 0 Å². The molecule has 2 heterocycles. The van der Waals surface area contributed by atoms with E-state index in [2.05, 4.69) is 20.3 Å². The van der Waals surface area contributed by atoms with Gasteiger partial charge >= 0.3 is 6.01 Å². The number of carbonyl (C=O) groups is 1. The SMILES string of the molecule is COc1nccc(-c2cnc(NC(C)=O)cc2N)n1. The number of carbonyl (C=O) groups excluding carboxylic acids is 1. The van der Waals surface area contributed by atoms with E-state index in [9.17, 15) is 4.79 Å². The Balaban J connectivity index is 2.37. The fourth-order valence-corrected chi connectivity index (χ4v) is 1.52. The zero-order valence-corrected chi connectivity index (χ0v) is 10.5. The van der Waals surface area contributed by atoms with Crippen LogP contribution in [0.2, 0.25) is 0 Å². The molecule has 98 valence electrons. The molecule has 0 aliphatic heterocycles. The van der Waals surface area contributed by atoms with Gasteiger partial charge in [0.15, 0.2) is 0 Å². The molecule has 7 nitrogen and oxygen atoms in total. The number of rotatable bonds is 3. The number of aromatic nitrogens is 3. The Bertz CT molecular complexity index is 615. The topological polar surface area (TPSA) is 103 Å². The lowest BCUT2D eigenvalue weighted by Gasteiger charge is -2.08. The zero-order chi connectivity index (χ0) is 13.8. The zero-order valence-electron chi connectivity index (χ0n) is 10.5. The number of amides is 1. The summed E-state index contributed by atoms with van der Waals surface area (Å²) in [4.78, 5) is 23.1. The highest BCUT2D eigenvalue weighted by atomic mass is 16.5. The minimum atomic E-state index is -0.205. The van der Waals surface area contributed by atoms with Crippen molar-refractivity contribution < 1.29 is 9.53 Å². The Morgan fingerprint density at radius 1 is 1.42 bits per heavy atom. The van der Waals surface area contributed by atoms with Gasteiger partial charge in [0, 0.05) is 36.6 Å². The van der Waals surface area contributed by atoms with E-state index in [1.165, 1.54) is 14.0 Å². The first kappa shape index (κ1) is 12.7. The third-order valence-corrected chi connectivity index (χ3v) is 2.33. The van der Waals surface area contributed by atoms with Crippen LogP contribution in [0.25, 0.3) is 11.3 Å². The second-order valence-electron chi connectivity index (χ2n) is 3.77. The van der Waals surface area contributed by atoms with Crippen molar-refractivity contribution >= 4 is 17.4 Å². The molecule has 0 bridgehead atoms. The average Bonchev–Trinajstić information content (AvgIpc) is 2.38. The molecule has 2 aromatic rings. The van der Waals surface area contributed by atoms with Gasteiger partial charge in [-0.2, -0.15) is 4.98 Å². The number of ether oxygens (including phenoxy) is 1. The van der Waals surface area contributed by atoms with Crippen molar-refractivity contribution in [1.29, 1.82) is 0 Å². The summed E-state index contributed by atoms with van der Waals surface area (Å²) in [5.41, 5.74) is 7.64. The van der Waals surface area contributed by atoms with Crippen LogP contribution in [0.4, 0.5) is 11.5 Å². The Morgan fingerprint density at radius 3 is 2.84 bits per heavy atom. The van der Waals surface area contributed by atoms with Crippen LogP contribution in [0, 0.1) is 0 Å². The van der Waals surface area contributed by atoms with Crippen molar-refractivity contribution in [2.45, 2.75) is 6.92 Å². The van der Waals surface area contributed by atoms with Gasteiger partial charge in [-0.05, 0) is 6.07 Å². The monoisotopic (exact) mass is 259 g/mol. The smallest absolute Gasteiger partial charge is 0.316 e. The van der Waals surface area contributed by atoms with Crippen molar-refractivity contribution in [3.05, 3.63) is 24.5 Å². The molecule has 1 amide bonds. The number of nitrogens with two attached hydrogens (primary N) is 1. The standard InChI is InChI=1S/C12H13N5O2/c1-7(18)16-11-5-9(13)8(6-15-11)10-3-4-14-12(17-10)19-2/h3-6H,1-2H3,(H3,13,15,16,18). The lowest BCUT2D eigenvalue weighted by Crippen LogP contribution is -2.08. The molecule has 2 rings (SSSR count). The Labute approximate surface area is 109 Å². The first-order valence-corrected chi connectivity index (χ1v) is 5.50. The Kier molecular flexibility index (Phi) is 3.56. The highest BCUT2D eigenvalue weighted by Crippen LogP contribution is 2.25. The third-order valence-electron chi connectivity index (χ3n) is 2.33. The molecule has 0 fully saturated rings. The molecule has 0 radical (unpaired) electrons. The summed E-state index contributed by atoms with van der Waals surface area (Å²) < 4.78 is 4.95. The van der Waals surface area contributed by atoms with Gasteiger partial charge in [-0.3, -0.25) is 4.79 Å². The number of methoxy groups -OCH3 is 1. The molecular formula is C12H13N5O2. The van der Waals surface area contributed by atoms with Crippen LogP contribution in [0.5, 0.6) is 6.01 Å². The summed E-state index contributed by atoms with van der Waals surface area (Å²) in [6.07, 6.45) is 3.12. The lowest BCUT2D eigenvalue weighted by atomic mass is 10.1. The van der Waals surface area contributed by atoms with Gasteiger partial charge in [0.25, 0.3) is 0 Å². The molecule has 19 heavy (non-hydrogen) atoms. The first-order valence-electron chi connectivity index (χ1n) is 5.50. The Hall–Kier alpha value is -2.70. The van der Waals surface area contributed by atoms with Gasteiger partial charge in [-0.25, -0.2) is 9.97 Å². The Morgan fingerprint density at radius 2 is 2.21 bits per heavy atom. The second kappa shape index (κ2) is 5.30. The fraction of sp³-hybridized carbons (Fsp3) is 0.167. The molecule has 7 heteroatoms. The van der Waals surface area contributed by atoms with Gasteiger partial charge in [0.05, 0.1) is 12.8 Å². The highest BCUT2D eigenvalue weighted by Gasteiger charge is 2.08. The summed E-state index contributed by atoms with van der Waals surface area (Å²) in [7, 11) is 1.49. The highest BCUT2D eigenvalue weighted by molar-refractivity contribution is 5.89. The predicted molar refractivity (Wildman–Crippen MR) is 70.5 cm³/mol. The van der Waals surface area contributed by atoms with E-state index in [1.54, 1.807) is 24.5 Å². The minimum absolute atomic E-state index is 0.205. The van der Waals surface area contributed by atoms with Gasteiger partial charge < -0.3 is 15.8 Å². The molecule has 0 saturated heterocycles. The number of pyridine rings is 1. The molecular weight excluding hydrogens is 246 g/mol. The molecule has 3 N–H and O–H groups in total. The van der Waals surface area contributed by atoms with E-state index >= 15 is 0 Å². The maximum Gasteiger partial charge on any atom is 0.316 e. The van der Waals surface area contributed by atoms with Crippen LogP contribution in [0.3, 0.4) is 0 Å². The van der Waals surface area contributed by atoms with Crippen molar-refractivity contribution in [2.75, 3.05) is 18.2 Å². The van der Waals surface area contributed by atoms with E-state index in [0.29, 0.717) is 22.8 Å². The van der Waals surface area contributed by atoms with Crippen molar-refractivity contribution in [1.82, 2.24) is 15.0 Å². The van der Waals surface area contributed by atoms with E-state index in [1.807, 2.05) is 0 Å². The molecule has 0 unspecified atom stereocenters. The van der Waals surface area contributed by atoms with E-state index in [4.69, 9.17) is 10.5 Å². The summed E-state index contributed by atoms with van der Waals surface area (Å²) in [5, 5.41) is 2.56. The number of hydrogen-bond acceptors (Lipinski definition) is 6. The molecule has 0 aromatic carbocycles. The normalized spacial score (nSPS) is 10.0. The fourth-order valence-electron chi connectivity index (χ4n) is 1.52. The van der Waals surface area contributed by atoms with Crippen LogP contribution in [0.1, 0.15) is 6.92 Å². The van der Waals surface area contributed by atoms with Gasteiger partial charge in [-0.1, -0.05) is 0 Å². The quantitative estimate of drug-likeness (QED) is 0.855. The van der Waals surface area contributed by atoms with Crippen LogP contribution in [-0.4, -0.2) is 28.0 Å². The number of hydrogen-bond donors (Lipinski definition) is 2. The first-order chi connectivity index (χ1) is 9.10.